The lowest BCUT2D eigenvalue weighted by atomic mass is 10.2. The predicted molar refractivity (Wildman–Crippen MR) is 77.1 cm³/mol. The van der Waals surface area contributed by atoms with Crippen LogP contribution in [0.2, 0.25) is 0 Å². The number of hydrogen-bond acceptors (Lipinski definition) is 4. The summed E-state index contributed by atoms with van der Waals surface area (Å²) in [4.78, 5) is 29.5. The molecule has 0 spiro atoms. The van der Waals surface area contributed by atoms with Crippen LogP contribution in [0.15, 0.2) is 41.7 Å². The molecule has 1 aromatic heterocycles. The molecule has 0 aliphatic heterocycles. The molecule has 0 unspecified atom stereocenters. The molecule has 7 heteroatoms. The molecular formula is C13H14N4O2S. The SMILES string of the molecule is C[C@@H](Sc1ncc(-c2ccccc2)[nH]1)C(=O)NC(N)=O. The van der Waals surface area contributed by atoms with Gasteiger partial charge < -0.3 is 10.7 Å². The maximum Gasteiger partial charge on any atom is 0.318 e. The maximum absolute atomic E-state index is 11.6. The summed E-state index contributed by atoms with van der Waals surface area (Å²) in [5.41, 5.74) is 6.79. The molecule has 0 aliphatic rings. The molecular weight excluding hydrogens is 276 g/mol. The lowest BCUT2D eigenvalue weighted by molar-refractivity contribution is -0.119. The summed E-state index contributed by atoms with van der Waals surface area (Å²) in [6, 6.07) is 8.88. The van der Waals surface area contributed by atoms with Crippen LogP contribution in [-0.4, -0.2) is 27.2 Å². The van der Waals surface area contributed by atoms with E-state index in [1.165, 1.54) is 11.8 Å². The van der Waals surface area contributed by atoms with Gasteiger partial charge in [0.2, 0.25) is 5.91 Å². The zero-order chi connectivity index (χ0) is 14.5. The summed E-state index contributed by atoms with van der Waals surface area (Å²) >= 11 is 1.22. The van der Waals surface area contributed by atoms with Gasteiger partial charge in [0.05, 0.1) is 17.1 Å². The highest BCUT2D eigenvalue weighted by Crippen LogP contribution is 2.24. The number of nitrogens with one attached hydrogen (secondary N) is 2. The second-order valence-electron chi connectivity index (χ2n) is 4.08. The lowest BCUT2D eigenvalue weighted by Gasteiger charge is -2.07. The number of aromatic amines is 1. The minimum Gasteiger partial charge on any atom is -0.351 e. The summed E-state index contributed by atoms with van der Waals surface area (Å²) in [6.45, 7) is 1.67. The molecule has 0 saturated carbocycles. The van der Waals surface area contributed by atoms with Gasteiger partial charge in [-0.1, -0.05) is 42.1 Å². The molecule has 0 radical (unpaired) electrons. The zero-order valence-corrected chi connectivity index (χ0v) is 11.6. The van der Waals surface area contributed by atoms with E-state index in [1.54, 1.807) is 13.1 Å². The Labute approximate surface area is 120 Å². The van der Waals surface area contributed by atoms with Crippen molar-refractivity contribution in [3.8, 4) is 11.3 Å². The fourth-order valence-corrected chi connectivity index (χ4v) is 2.35. The molecule has 20 heavy (non-hydrogen) atoms. The van der Waals surface area contributed by atoms with Gasteiger partial charge in [0.1, 0.15) is 0 Å². The van der Waals surface area contributed by atoms with E-state index in [2.05, 4.69) is 9.97 Å². The fraction of sp³-hybridized carbons (Fsp3) is 0.154. The number of imidazole rings is 1. The van der Waals surface area contributed by atoms with Crippen LogP contribution in [0.3, 0.4) is 0 Å². The number of nitrogens with two attached hydrogens (primary N) is 1. The second kappa shape index (κ2) is 6.25. The van der Waals surface area contributed by atoms with Crippen molar-refractivity contribution in [2.45, 2.75) is 17.3 Å². The number of rotatable bonds is 4. The standard InChI is InChI=1S/C13H14N4O2S/c1-8(11(18)17-12(14)19)20-13-15-7-10(16-13)9-5-3-2-4-6-9/h2-8H,1H3,(H,15,16)(H3,14,17,18,19)/t8-/m1/s1. The van der Waals surface area contributed by atoms with Crippen molar-refractivity contribution in [2.75, 3.05) is 0 Å². The Hall–Kier alpha value is -2.28. The molecule has 2 rings (SSSR count). The van der Waals surface area contributed by atoms with Crippen molar-refractivity contribution < 1.29 is 9.59 Å². The number of urea groups is 1. The highest BCUT2D eigenvalue weighted by Gasteiger charge is 2.17. The van der Waals surface area contributed by atoms with Gasteiger partial charge >= 0.3 is 6.03 Å². The van der Waals surface area contributed by atoms with Crippen LogP contribution < -0.4 is 11.1 Å². The monoisotopic (exact) mass is 290 g/mol. The van der Waals surface area contributed by atoms with Gasteiger partial charge in [-0.05, 0) is 12.5 Å². The van der Waals surface area contributed by atoms with Gasteiger partial charge in [-0.2, -0.15) is 0 Å². The molecule has 6 nitrogen and oxygen atoms in total. The minimum atomic E-state index is -0.855. The van der Waals surface area contributed by atoms with E-state index in [-0.39, 0.29) is 0 Å². The Balaban J connectivity index is 2.03. The van der Waals surface area contributed by atoms with Crippen LogP contribution in [0.5, 0.6) is 0 Å². The predicted octanol–water partition coefficient (Wildman–Crippen LogP) is 1.75. The first-order chi connectivity index (χ1) is 9.56. The molecule has 104 valence electrons. The van der Waals surface area contributed by atoms with Crippen LogP contribution in [0, 0.1) is 0 Å². The van der Waals surface area contributed by atoms with Crippen molar-refractivity contribution in [3.63, 3.8) is 0 Å². The van der Waals surface area contributed by atoms with Crippen LogP contribution >= 0.6 is 11.8 Å². The number of H-pyrrole nitrogens is 1. The van der Waals surface area contributed by atoms with Gasteiger partial charge in [0.15, 0.2) is 5.16 Å². The Morgan fingerprint density at radius 2 is 2.05 bits per heavy atom. The molecule has 0 saturated heterocycles. The number of aromatic nitrogens is 2. The summed E-state index contributed by atoms with van der Waals surface area (Å²) in [5.74, 6) is -0.444. The van der Waals surface area contributed by atoms with E-state index in [0.29, 0.717) is 5.16 Å². The van der Waals surface area contributed by atoms with Gasteiger partial charge in [0.25, 0.3) is 0 Å². The van der Waals surface area contributed by atoms with Gasteiger partial charge in [-0.15, -0.1) is 0 Å². The number of imide groups is 1. The molecule has 4 N–H and O–H groups in total. The highest BCUT2D eigenvalue weighted by molar-refractivity contribution is 8.00. The molecule has 0 fully saturated rings. The Bertz CT molecular complexity index is 612. The molecule has 0 bridgehead atoms. The van der Waals surface area contributed by atoms with E-state index in [0.717, 1.165) is 11.3 Å². The summed E-state index contributed by atoms with van der Waals surface area (Å²) in [7, 11) is 0. The molecule has 1 aromatic carbocycles. The van der Waals surface area contributed by atoms with Crippen LogP contribution in [0.4, 0.5) is 4.79 Å². The van der Waals surface area contributed by atoms with Crippen LogP contribution in [0.25, 0.3) is 11.3 Å². The average molecular weight is 290 g/mol. The normalized spacial score (nSPS) is 11.8. The maximum atomic E-state index is 11.6. The van der Waals surface area contributed by atoms with Crippen molar-refractivity contribution in [2.24, 2.45) is 5.73 Å². The van der Waals surface area contributed by atoms with Crippen molar-refractivity contribution in [1.82, 2.24) is 15.3 Å². The third-order valence-corrected chi connectivity index (χ3v) is 3.54. The van der Waals surface area contributed by atoms with Crippen molar-refractivity contribution >= 4 is 23.7 Å². The van der Waals surface area contributed by atoms with Gasteiger partial charge in [-0.25, -0.2) is 9.78 Å². The minimum absolute atomic E-state index is 0.444. The third-order valence-electron chi connectivity index (χ3n) is 2.54. The zero-order valence-electron chi connectivity index (χ0n) is 10.8. The molecule has 0 aliphatic carbocycles. The number of thioether (sulfide) groups is 1. The lowest BCUT2D eigenvalue weighted by Crippen LogP contribution is -2.39. The van der Waals surface area contributed by atoms with E-state index < -0.39 is 17.2 Å². The fourth-order valence-electron chi connectivity index (χ4n) is 1.57. The first kappa shape index (κ1) is 14.1. The average Bonchev–Trinajstić information content (AvgIpc) is 2.87. The topological polar surface area (TPSA) is 101 Å². The number of carbonyl (C=O) groups excluding carboxylic acids is 2. The van der Waals surface area contributed by atoms with Crippen LogP contribution in [-0.2, 0) is 4.79 Å². The van der Waals surface area contributed by atoms with Crippen molar-refractivity contribution in [3.05, 3.63) is 36.5 Å². The smallest absolute Gasteiger partial charge is 0.318 e. The summed E-state index contributed by atoms with van der Waals surface area (Å²) in [6.07, 6.45) is 1.70. The van der Waals surface area contributed by atoms with Gasteiger partial charge in [0, 0.05) is 0 Å². The number of carbonyl (C=O) groups is 2. The quantitative estimate of drug-likeness (QED) is 0.747. The third kappa shape index (κ3) is 3.61. The van der Waals surface area contributed by atoms with E-state index >= 15 is 0 Å². The highest BCUT2D eigenvalue weighted by atomic mass is 32.2. The summed E-state index contributed by atoms with van der Waals surface area (Å²) < 4.78 is 0. The molecule has 3 amide bonds. The molecule has 1 atom stereocenters. The largest absolute Gasteiger partial charge is 0.351 e. The Morgan fingerprint density at radius 3 is 2.70 bits per heavy atom. The first-order valence-electron chi connectivity index (χ1n) is 5.93. The van der Waals surface area contributed by atoms with E-state index in [1.807, 2.05) is 35.6 Å². The molecule has 2 aromatic rings. The van der Waals surface area contributed by atoms with E-state index in [9.17, 15) is 9.59 Å². The number of benzene rings is 1. The number of amides is 3. The van der Waals surface area contributed by atoms with E-state index in [4.69, 9.17) is 5.73 Å². The Kier molecular flexibility index (Phi) is 4.41. The number of primary amides is 1. The molecule has 1 heterocycles. The van der Waals surface area contributed by atoms with Gasteiger partial charge in [-0.3, -0.25) is 10.1 Å². The Morgan fingerprint density at radius 1 is 1.35 bits per heavy atom. The van der Waals surface area contributed by atoms with Crippen LogP contribution in [0.1, 0.15) is 6.92 Å². The first-order valence-corrected chi connectivity index (χ1v) is 6.81. The number of nitrogens with zero attached hydrogens (tertiary/aromatic N) is 1. The van der Waals surface area contributed by atoms with Crippen molar-refractivity contribution in [1.29, 1.82) is 0 Å². The second-order valence-corrected chi connectivity index (χ2v) is 5.41. The summed E-state index contributed by atoms with van der Waals surface area (Å²) in [5, 5.41) is 2.17. The number of hydrogen-bond donors (Lipinski definition) is 3.